The van der Waals surface area contributed by atoms with Gasteiger partial charge in [-0.2, -0.15) is 0 Å². The third-order valence-corrected chi connectivity index (χ3v) is 3.48. The molecular formula is C18H20O3. The number of ether oxygens (including phenoxy) is 2. The maximum Gasteiger partial charge on any atom is 0.126 e. The normalized spacial score (nSPS) is 10.3. The highest BCUT2D eigenvalue weighted by atomic mass is 16.5. The van der Waals surface area contributed by atoms with E-state index in [1.54, 1.807) is 20.3 Å². The molecule has 2 aromatic carbocycles. The Morgan fingerprint density at radius 3 is 2.10 bits per heavy atom. The van der Waals surface area contributed by atoms with Crippen LogP contribution in [0.15, 0.2) is 36.9 Å². The average molecular weight is 284 g/mol. The Balaban J connectivity index is 2.76. The zero-order chi connectivity index (χ0) is 15.6. The summed E-state index contributed by atoms with van der Waals surface area (Å²) < 4.78 is 10.6. The molecule has 0 amide bonds. The topological polar surface area (TPSA) is 38.7 Å². The molecule has 0 saturated carbocycles. The Morgan fingerprint density at radius 2 is 1.62 bits per heavy atom. The summed E-state index contributed by atoms with van der Waals surface area (Å²) in [6, 6.07) is 9.42. The molecule has 0 aliphatic rings. The fraction of sp³-hybridized carbons (Fsp3) is 0.222. The molecule has 0 unspecified atom stereocenters. The predicted molar refractivity (Wildman–Crippen MR) is 86.1 cm³/mol. The highest BCUT2D eigenvalue weighted by Gasteiger charge is 2.15. The van der Waals surface area contributed by atoms with Gasteiger partial charge >= 0.3 is 0 Å². The number of phenols is 1. The van der Waals surface area contributed by atoms with Crippen LogP contribution in [0.2, 0.25) is 0 Å². The van der Waals surface area contributed by atoms with Crippen LogP contribution in [0.4, 0.5) is 0 Å². The molecule has 0 bridgehead atoms. The van der Waals surface area contributed by atoms with Crippen molar-refractivity contribution in [2.75, 3.05) is 14.2 Å². The zero-order valence-electron chi connectivity index (χ0n) is 12.9. The van der Waals surface area contributed by atoms with E-state index in [4.69, 9.17) is 9.47 Å². The maximum absolute atomic E-state index is 10.5. The number of rotatable bonds is 4. The van der Waals surface area contributed by atoms with Gasteiger partial charge in [0, 0.05) is 11.6 Å². The third kappa shape index (κ3) is 2.87. The van der Waals surface area contributed by atoms with Crippen LogP contribution in [0.3, 0.4) is 0 Å². The van der Waals surface area contributed by atoms with E-state index < -0.39 is 0 Å². The number of hydrogen-bond acceptors (Lipinski definition) is 3. The maximum atomic E-state index is 10.5. The van der Waals surface area contributed by atoms with Gasteiger partial charge in [-0.3, -0.25) is 0 Å². The lowest BCUT2D eigenvalue weighted by atomic mass is 9.92. The fourth-order valence-corrected chi connectivity index (χ4v) is 2.29. The fourth-order valence-electron chi connectivity index (χ4n) is 2.29. The molecule has 0 aliphatic heterocycles. The first kappa shape index (κ1) is 15.0. The summed E-state index contributed by atoms with van der Waals surface area (Å²) in [5, 5.41) is 10.5. The van der Waals surface area contributed by atoms with E-state index in [1.807, 2.05) is 38.1 Å². The molecule has 0 heterocycles. The summed E-state index contributed by atoms with van der Waals surface area (Å²) in [7, 11) is 3.21. The first-order valence-corrected chi connectivity index (χ1v) is 6.69. The molecule has 3 heteroatoms. The van der Waals surface area contributed by atoms with E-state index >= 15 is 0 Å². The van der Waals surface area contributed by atoms with Gasteiger partial charge in [-0.05, 0) is 42.7 Å². The largest absolute Gasteiger partial charge is 0.507 e. The molecule has 0 saturated heterocycles. The molecule has 3 nitrogen and oxygen atoms in total. The summed E-state index contributed by atoms with van der Waals surface area (Å²) in [6.45, 7) is 7.79. The van der Waals surface area contributed by atoms with Gasteiger partial charge in [0.15, 0.2) is 0 Å². The molecule has 0 aromatic heterocycles. The Kier molecular flexibility index (Phi) is 4.22. The molecule has 0 aliphatic carbocycles. The van der Waals surface area contributed by atoms with Crippen molar-refractivity contribution in [3.63, 3.8) is 0 Å². The smallest absolute Gasteiger partial charge is 0.126 e. The average Bonchev–Trinajstić information content (AvgIpc) is 2.48. The van der Waals surface area contributed by atoms with Crippen LogP contribution in [0, 0.1) is 6.92 Å². The number of hydrogen-bond donors (Lipinski definition) is 1. The quantitative estimate of drug-likeness (QED) is 0.903. The van der Waals surface area contributed by atoms with Crippen molar-refractivity contribution in [2.24, 2.45) is 0 Å². The van der Waals surface area contributed by atoms with Crippen LogP contribution in [-0.2, 0) is 0 Å². The Bertz CT molecular complexity index is 665. The van der Waals surface area contributed by atoms with E-state index in [0.717, 1.165) is 27.8 Å². The van der Waals surface area contributed by atoms with E-state index in [0.29, 0.717) is 11.5 Å². The van der Waals surface area contributed by atoms with Crippen LogP contribution in [0.25, 0.3) is 16.7 Å². The van der Waals surface area contributed by atoms with Crippen LogP contribution >= 0.6 is 0 Å². The molecule has 110 valence electrons. The third-order valence-electron chi connectivity index (χ3n) is 3.48. The SMILES string of the molecule is C=C(C)c1ccc(C)c(O)c1-c1cc(OC)cc(OC)c1. The second-order valence-corrected chi connectivity index (χ2v) is 5.04. The van der Waals surface area contributed by atoms with Crippen LogP contribution in [-0.4, -0.2) is 19.3 Å². The summed E-state index contributed by atoms with van der Waals surface area (Å²) in [5.74, 6) is 1.61. The van der Waals surface area contributed by atoms with Gasteiger partial charge < -0.3 is 14.6 Å². The van der Waals surface area contributed by atoms with Crippen molar-refractivity contribution in [3.05, 3.63) is 48.0 Å². The highest BCUT2D eigenvalue weighted by Crippen LogP contribution is 2.40. The van der Waals surface area contributed by atoms with Crippen LogP contribution in [0.1, 0.15) is 18.1 Å². The molecule has 2 aromatic rings. The van der Waals surface area contributed by atoms with Crippen molar-refractivity contribution in [1.29, 1.82) is 0 Å². The molecular weight excluding hydrogens is 264 g/mol. The van der Waals surface area contributed by atoms with Crippen molar-refractivity contribution in [2.45, 2.75) is 13.8 Å². The molecule has 0 atom stereocenters. The monoisotopic (exact) mass is 284 g/mol. The van der Waals surface area contributed by atoms with Crippen molar-refractivity contribution < 1.29 is 14.6 Å². The molecule has 2 rings (SSSR count). The van der Waals surface area contributed by atoms with E-state index in [-0.39, 0.29) is 5.75 Å². The number of methoxy groups -OCH3 is 2. The lowest BCUT2D eigenvalue weighted by molar-refractivity contribution is 0.394. The van der Waals surface area contributed by atoms with Crippen molar-refractivity contribution in [3.8, 4) is 28.4 Å². The van der Waals surface area contributed by atoms with Gasteiger partial charge in [0.25, 0.3) is 0 Å². The van der Waals surface area contributed by atoms with Crippen LogP contribution < -0.4 is 9.47 Å². The minimum Gasteiger partial charge on any atom is -0.507 e. The zero-order valence-corrected chi connectivity index (χ0v) is 12.9. The molecule has 0 spiro atoms. The Labute approximate surface area is 125 Å². The molecule has 0 fully saturated rings. The van der Waals surface area contributed by atoms with Crippen molar-refractivity contribution in [1.82, 2.24) is 0 Å². The lowest BCUT2D eigenvalue weighted by Crippen LogP contribution is -1.93. The van der Waals surface area contributed by atoms with Gasteiger partial charge in [-0.1, -0.05) is 24.3 Å². The minimum atomic E-state index is 0.255. The highest BCUT2D eigenvalue weighted by molar-refractivity contribution is 5.85. The summed E-state index contributed by atoms with van der Waals surface area (Å²) >= 11 is 0. The van der Waals surface area contributed by atoms with E-state index in [2.05, 4.69) is 6.58 Å². The van der Waals surface area contributed by atoms with Gasteiger partial charge in [0.1, 0.15) is 17.2 Å². The van der Waals surface area contributed by atoms with Crippen LogP contribution in [0.5, 0.6) is 17.2 Å². The Morgan fingerprint density at radius 1 is 1.05 bits per heavy atom. The number of aromatic hydroxyl groups is 1. The van der Waals surface area contributed by atoms with Gasteiger partial charge in [0.05, 0.1) is 14.2 Å². The van der Waals surface area contributed by atoms with Gasteiger partial charge in [-0.15, -0.1) is 0 Å². The Hall–Kier alpha value is -2.42. The summed E-state index contributed by atoms with van der Waals surface area (Å²) in [4.78, 5) is 0. The van der Waals surface area contributed by atoms with Crippen molar-refractivity contribution >= 4 is 5.57 Å². The molecule has 0 radical (unpaired) electrons. The molecule has 21 heavy (non-hydrogen) atoms. The van der Waals surface area contributed by atoms with Gasteiger partial charge in [-0.25, -0.2) is 0 Å². The van der Waals surface area contributed by atoms with E-state index in [1.165, 1.54) is 0 Å². The van der Waals surface area contributed by atoms with E-state index in [9.17, 15) is 5.11 Å². The standard InChI is InChI=1S/C18H20O3/c1-11(2)16-7-6-12(3)18(19)17(16)13-8-14(20-4)10-15(9-13)21-5/h6-10,19H,1H2,2-5H3. The van der Waals surface area contributed by atoms with Gasteiger partial charge in [0.2, 0.25) is 0 Å². The second kappa shape index (κ2) is 5.92. The number of phenolic OH excluding ortho intramolecular Hbond substituents is 1. The summed E-state index contributed by atoms with van der Waals surface area (Å²) in [5.41, 5.74) is 4.21. The predicted octanol–water partition coefficient (Wildman–Crippen LogP) is 4.42. The first-order valence-electron chi connectivity index (χ1n) is 6.69. The second-order valence-electron chi connectivity index (χ2n) is 5.04. The minimum absolute atomic E-state index is 0.255. The lowest BCUT2D eigenvalue weighted by Gasteiger charge is -2.15. The number of benzene rings is 2. The first-order chi connectivity index (χ1) is 9.97. The number of aryl methyl sites for hydroxylation is 1. The molecule has 1 N–H and O–H groups in total. The number of allylic oxidation sites excluding steroid dienone is 1. The summed E-state index contributed by atoms with van der Waals surface area (Å²) in [6.07, 6.45) is 0.